The Kier molecular flexibility index (Phi) is 3.47. The molecule has 6 heteroatoms. The van der Waals surface area contributed by atoms with Gasteiger partial charge in [-0.2, -0.15) is 12.6 Å². The number of carbonyl (C=O) groups is 2. The molecule has 2 rings (SSSR count). The summed E-state index contributed by atoms with van der Waals surface area (Å²) in [6, 6.07) is 4.15. The molecule has 1 atom stereocenters. The van der Waals surface area contributed by atoms with Gasteiger partial charge in [-0.1, -0.05) is 0 Å². The molecule has 1 heterocycles. The van der Waals surface area contributed by atoms with Crippen molar-refractivity contribution < 1.29 is 19.8 Å². The topological polar surface area (TPSA) is 77.8 Å². The van der Waals surface area contributed by atoms with Crippen molar-refractivity contribution in [2.24, 2.45) is 5.92 Å². The van der Waals surface area contributed by atoms with Crippen molar-refractivity contribution >= 4 is 30.2 Å². The molecule has 0 bridgehead atoms. The van der Waals surface area contributed by atoms with E-state index in [1.165, 1.54) is 17.0 Å². The number of carboxylic acids is 1. The van der Waals surface area contributed by atoms with Crippen LogP contribution in [0, 0.1) is 5.92 Å². The lowest BCUT2D eigenvalue weighted by atomic mass is 10.1. The van der Waals surface area contributed by atoms with E-state index >= 15 is 0 Å². The second-order valence-electron chi connectivity index (χ2n) is 4.26. The molecular formula is C12H13NO4S. The molecule has 1 amide bonds. The normalized spacial score (nSPS) is 19.3. The van der Waals surface area contributed by atoms with Crippen LogP contribution >= 0.6 is 12.6 Å². The molecule has 1 aromatic rings. The first-order chi connectivity index (χ1) is 8.52. The van der Waals surface area contributed by atoms with Crippen molar-refractivity contribution in [3.63, 3.8) is 0 Å². The number of phenols is 1. The minimum absolute atomic E-state index is 0.0453. The number of hydrogen-bond acceptors (Lipinski definition) is 4. The lowest BCUT2D eigenvalue weighted by molar-refractivity contribution is -0.117. The number of carbonyl (C=O) groups excluding carboxylic acids is 1. The second-order valence-corrected chi connectivity index (χ2v) is 4.63. The number of hydrogen-bond donors (Lipinski definition) is 3. The summed E-state index contributed by atoms with van der Waals surface area (Å²) in [7, 11) is 0. The quantitative estimate of drug-likeness (QED) is 0.723. The van der Waals surface area contributed by atoms with Crippen molar-refractivity contribution in [1.82, 2.24) is 0 Å². The van der Waals surface area contributed by atoms with Gasteiger partial charge in [0.15, 0.2) is 0 Å². The summed E-state index contributed by atoms with van der Waals surface area (Å²) < 4.78 is 0. The number of anilines is 1. The van der Waals surface area contributed by atoms with Gasteiger partial charge in [0.25, 0.3) is 0 Å². The monoisotopic (exact) mass is 267 g/mol. The zero-order valence-corrected chi connectivity index (χ0v) is 10.4. The molecule has 0 aromatic heterocycles. The highest BCUT2D eigenvalue weighted by atomic mass is 32.1. The molecule has 1 unspecified atom stereocenters. The first-order valence-electron chi connectivity index (χ1n) is 5.50. The number of nitrogens with zero attached hydrogens (tertiary/aromatic N) is 1. The van der Waals surface area contributed by atoms with E-state index in [9.17, 15) is 14.7 Å². The predicted molar refractivity (Wildman–Crippen MR) is 69.4 cm³/mol. The summed E-state index contributed by atoms with van der Waals surface area (Å²) in [6.07, 6.45) is 0.423. The fourth-order valence-corrected chi connectivity index (χ4v) is 2.26. The highest BCUT2D eigenvalue weighted by molar-refractivity contribution is 7.80. The third-order valence-electron chi connectivity index (χ3n) is 2.99. The number of thiol groups is 1. The number of rotatable bonds is 3. The van der Waals surface area contributed by atoms with Gasteiger partial charge in [-0.05, 0) is 29.9 Å². The van der Waals surface area contributed by atoms with Gasteiger partial charge in [-0.15, -0.1) is 0 Å². The predicted octanol–water partition coefficient (Wildman–Crippen LogP) is 1.37. The van der Waals surface area contributed by atoms with Gasteiger partial charge in [0, 0.05) is 18.7 Å². The molecule has 1 aliphatic heterocycles. The fourth-order valence-electron chi connectivity index (χ4n) is 2.02. The number of carboxylic acid groups (broad SMARTS) is 1. The SMILES string of the molecule is O=C(O)c1cc(N2CC(CS)CC2=O)ccc1O. The maximum atomic E-state index is 11.8. The number of aromatic carboxylic acids is 1. The Hall–Kier alpha value is -1.69. The Morgan fingerprint density at radius 3 is 2.78 bits per heavy atom. The second kappa shape index (κ2) is 4.89. The van der Waals surface area contributed by atoms with Crippen molar-refractivity contribution in [3.8, 4) is 5.75 Å². The van der Waals surface area contributed by atoms with Gasteiger partial charge < -0.3 is 15.1 Å². The average Bonchev–Trinajstić information content (AvgIpc) is 2.71. The van der Waals surface area contributed by atoms with Gasteiger partial charge >= 0.3 is 5.97 Å². The number of amides is 1. The Bertz CT molecular complexity index is 503. The molecule has 18 heavy (non-hydrogen) atoms. The molecule has 0 saturated carbocycles. The lowest BCUT2D eigenvalue weighted by Gasteiger charge is -2.17. The van der Waals surface area contributed by atoms with E-state index in [4.69, 9.17) is 5.11 Å². The van der Waals surface area contributed by atoms with Gasteiger partial charge in [0.2, 0.25) is 5.91 Å². The molecule has 96 valence electrons. The van der Waals surface area contributed by atoms with Crippen LogP contribution in [0.5, 0.6) is 5.75 Å². The summed E-state index contributed by atoms with van der Waals surface area (Å²) >= 11 is 4.17. The van der Waals surface area contributed by atoms with Crippen LogP contribution in [0.25, 0.3) is 0 Å². The maximum absolute atomic E-state index is 11.8. The van der Waals surface area contributed by atoms with Crippen LogP contribution in [0.15, 0.2) is 18.2 Å². The number of aromatic hydroxyl groups is 1. The van der Waals surface area contributed by atoms with Crippen LogP contribution in [-0.4, -0.2) is 34.4 Å². The van der Waals surface area contributed by atoms with Crippen LogP contribution in [0.1, 0.15) is 16.8 Å². The highest BCUT2D eigenvalue weighted by Gasteiger charge is 2.30. The summed E-state index contributed by atoms with van der Waals surface area (Å²) in [5.41, 5.74) is 0.300. The molecular weight excluding hydrogens is 254 g/mol. The van der Waals surface area contributed by atoms with Gasteiger partial charge in [-0.3, -0.25) is 4.79 Å². The molecule has 0 radical (unpaired) electrons. The Balaban J connectivity index is 2.32. The van der Waals surface area contributed by atoms with Gasteiger partial charge in [0.1, 0.15) is 11.3 Å². The van der Waals surface area contributed by atoms with E-state index in [1.807, 2.05) is 0 Å². The van der Waals surface area contributed by atoms with Crippen LogP contribution in [0.2, 0.25) is 0 Å². The van der Waals surface area contributed by atoms with Gasteiger partial charge in [0.05, 0.1) is 0 Å². The highest BCUT2D eigenvalue weighted by Crippen LogP contribution is 2.29. The summed E-state index contributed by atoms with van der Waals surface area (Å²) in [5, 5.41) is 18.3. The number of benzene rings is 1. The third-order valence-corrected chi connectivity index (χ3v) is 3.50. The van der Waals surface area contributed by atoms with Crippen molar-refractivity contribution in [1.29, 1.82) is 0 Å². The van der Waals surface area contributed by atoms with Crippen molar-refractivity contribution in [2.75, 3.05) is 17.2 Å². The van der Waals surface area contributed by atoms with Crippen LogP contribution in [-0.2, 0) is 4.79 Å². The molecule has 0 spiro atoms. The molecule has 2 N–H and O–H groups in total. The van der Waals surface area contributed by atoms with E-state index in [0.717, 1.165) is 0 Å². The van der Waals surface area contributed by atoms with Crippen LogP contribution < -0.4 is 4.90 Å². The first kappa shape index (κ1) is 12.8. The Labute approximate surface area is 109 Å². The largest absolute Gasteiger partial charge is 0.507 e. The van der Waals surface area contributed by atoms with Crippen molar-refractivity contribution in [3.05, 3.63) is 23.8 Å². The van der Waals surface area contributed by atoms with E-state index in [0.29, 0.717) is 24.4 Å². The minimum atomic E-state index is -1.22. The van der Waals surface area contributed by atoms with Crippen LogP contribution in [0.3, 0.4) is 0 Å². The molecule has 5 nitrogen and oxygen atoms in total. The molecule has 1 aliphatic rings. The summed E-state index contributed by atoms with van der Waals surface area (Å²) in [4.78, 5) is 24.2. The standard InChI is InChI=1S/C12H13NO4S/c14-10-2-1-8(4-9(10)12(16)17)13-5-7(6-18)3-11(13)15/h1-2,4,7,14,18H,3,5-6H2,(H,16,17). The van der Waals surface area contributed by atoms with E-state index in [2.05, 4.69) is 12.6 Å². The zero-order valence-electron chi connectivity index (χ0n) is 9.54. The first-order valence-corrected chi connectivity index (χ1v) is 6.13. The van der Waals surface area contributed by atoms with Crippen LogP contribution in [0.4, 0.5) is 5.69 Å². The smallest absolute Gasteiger partial charge is 0.339 e. The summed E-state index contributed by atoms with van der Waals surface area (Å²) in [6.45, 7) is 0.534. The Morgan fingerprint density at radius 2 is 2.22 bits per heavy atom. The maximum Gasteiger partial charge on any atom is 0.339 e. The molecule has 0 aliphatic carbocycles. The summed E-state index contributed by atoms with van der Waals surface area (Å²) in [5.74, 6) is -0.763. The average molecular weight is 267 g/mol. The molecule has 1 saturated heterocycles. The molecule has 1 fully saturated rings. The Morgan fingerprint density at radius 1 is 1.50 bits per heavy atom. The van der Waals surface area contributed by atoms with Crippen molar-refractivity contribution in [2.45, 2.75) is 6.42 Å². The third kappa shape index (κ3) is 2.28. The zero-order chi connectivity index (χ0) is 13.3. The van der Waals surface area contributed by atoms with E-state index in [-0.39, 0.29) is 23.1 Å². The van der Waals surface area contributed by atoms with E-state index < -0.39 is 5.97 Å². The fraction of sp³-hybridized carbons (Fsp3) is 0.333. The van der Waals surface area contributed by atoms with E-state index in [1.54, 1.807) is 6.07 Å². The lowest BCUT2D eigenvalue weighted by Crippen LogP contribution is -2.24. The minimum Gasteiger partial charge on any atom is -0.507 e. The van der Waals surface area contributed by atoms with Gasteiger partial charge in [-0.25, -0.2) is 4.79 Å². The molecule has 1 aromatic carbocycles.